The first kappa shape index (κ1) is 21.2. The molecule has 0 N–H and O–H groups in total. The summed E-state index contributed by atoms with van der Waals surface area (Å²) in [4.78, 5) is 34.7. The molecule has 1 aliphatic rings. The summed E-state index contributed by atoms with van der Waals surface area (Å²) < 4.78 is 22.1. The molecule has 0 saturated carbocycles. The molecule has 0 bridgehead atoms. The monoisotopic (exact) mass is 396 g/mol. The van der Waals surface area contributed by atoms with Crippen LogP contribution in [0.3, 0.4) is 0 Å². The molecule has 1 aromatic rings. The van der Waals surface area contributed by atoms with Gasteiger partial charge in [0.25, 0.3) is 0 Å². The van der Waals surface area contributed by atoms with E-state index in [1.807, 2.05) is 30.3 Å². The summed E-state index contributed by atoms with van der Waals surface area (Å²) >= 11 is 1.42. The van der Waals surface area contributed by atoms with Crippen LogP contribution in [0.5, 0.6) is 0 Å². The lowest BCUT2D eigenvalue weighted by atomic mass is 10.00. The normalized spacial score (nSPS) is 27.5. The van der Waals surface area contributed by atoms with Crippen LogP contribution in [0.15, 0.2) is 30.3 Å². The Balaban J connectivity index is 2.24. The van der Waals surface area contributed by atoms with Crippen molar-refractivity contribution in [1.82, 2.24) is 0 Å². The summed E-state index contributed by atoms with van der Waals surface area (Å²) in [5, 5.41) is 0. The predicted molar refractivity (Wildman–Crippen MR) is 98.7 cm³/mol. The van der Waals surface area contributed by atoms with Crippen LogP contribution < -0.4 is 0 Å². The summed E-state index contributed by atoms with van der Waals surface area (Å²) in [7, 11) is 0. The van der Waals surface area contributed by atoms with Crippen LogP contribution in [-0.2, 0) is 39.1 Å². The number of rotatable bonds is 6. The molecule has 0 amide bonds. The van der Waals surface area contributed by atoms with E-state index in [0.29, 0.717) is 5.75 Å². The summed E-state index contributed by atoms with van der Waals surface area (Å²) in [5.74, 6) is -1.02. The maximum Gasteiger partial charge on any atom is 0.303 e. The lowest BCUT2D eigenvalue weighted by molar-refractivity contribution is -0.229. The van der Waals surface area contributed by atoms with E-state index in [9.17, 15) is 14.4 Å². The van der Waals surface area contributed by atoms with Gasteiger partial charge in [0.2, 0.25) is 0 Å². The molecule has 1 heterocycles. The van der Waals surface area contributed by atoms with Gasteiger partial charge in [0.1, 0.15) is 5.44 Å². The van der Waals surface area contributed by atoms with Crippen molar-refractivity contribution in [2.24, 2.45) is 0 Å². The molecule has 0 aliphatic carbocycles. The highest BCUT2D eigenvalue weighted by molar-refractivity contribution is 7.99. The molecule has 0 spiro atoms. The third-order valence-corrected chi connectivity index (χ3v) is 5.10. The van der Waals surface area contributed by atoms with Gasteiger partial charge in [-0.3, -0.25) is 14.4 Å². The van der Waals surface area contributed by atoms with Crippen molar-refractivity contribution in [3.05, 3.63) is 35.9 Å². The molecular weight excluding hydrogens is 372 g/mol. The number of thioether (sulfide) groups is 1. The van der Waals surface area contributed by atoms with Gasteiger partial charge in [0.15, 0.2) is 18.3 Å². The van der Waals surface area contributed by atoms with Crippen LogP contribution in [0, 0.1) is 0 Å². The maximum absolute atomic E-state index is 11.6. The molecular formula is C19H24O7S. The molecule has 2 rings (SSSR count). The van der Waals surface area contributed by atoms with E-state index in [-0.39, 0.29) is 0 Å². The average Bonchev–Trinajstić information content (AvgIpc) is 2.59. The average molecular weight is 396 g/mol. The van der Waals surface area contributed by atoms with Gasteiger partial charge < -0.3 is 18.9 Å². The van der Waals surface area contributed by atoms with Crippen LogP contribution in [0.2, 0.25) is 0 Å². The van der Waals surface area contributed by atoms with E-state index in [1.54, 1.807) is 6.92 Å². The van der Waals surface area contributed by atoms with Gasteiger partial charge in [-0.15, -0.1) is 11.8 Å². The Morgan fingerprint density at radius 2 is 1.41 bits per heavy atom. The van der Waals surface area contributed by atoms with Gasteiger partial charge in [-0.25, -0.2) is 0 Å². The molecule has 148 valence electrons. The molecule has 27 heavy (non-hydrogen) atoms. The smallest absolute Gasteiger partial charge is 0.303 e. The maximum atomic E-state index is 11.6. The van der Waals surface area contributed by atoms with E-state index in [0.717, 1.165) is 5.56 Å². The molecule has 5 atom stereocenters. The van der Waals surface area contributed by atoms with Crippen molar-refractivity contribution in [3.63, 3.8) is 0 Å². The Labute approximate surface area is 162 Å². The second-order valence-electron chi connectivity index (χ2n) is 6.23. The van der Waals surface area contributed by atoms with Gasteiger partial charge in [-0.05, 0) is 12.5 Å². The summed E-state index contributed by atoms with van der Waals surface area (Å²) in [6.45, 7) is 5.50. The number of ether oxygens (including phenoxy) is 4. The Hall–Kier alpha value is -2.06. The number of esters is 3. The van der Waals surface area contributed by atoms with Gasteiger partial charge in [-0.1, -0.05) is 30.3 Å². The van der Waals surface area contributed by atoms with E-state index in [1.165, 1.54) is 32.5 Å². The molecule has 8 heteroatoms. The molecule has 1 saturated heterocycles. The van der Waals surface area contributed by atoms with Crippen molar-refractivity contribution in [2.75, 3.05) is 0 Å². The minimum Gasteiger partial charge on any atom is -0.456 e. The number of benzene rings is 1. The Morgan fingerprint density at radius 1 is 0.889 bits per heavy atom. The van der Waals surface area contributed by atoms with Crippen molar-refractivity contribution in [3.8, 4) is 0 Å². The molecule has 0 radical (unpaired) electrons. The molecule has 0 unspecified atom stereocenters. The summed E-state index contributed by atoms with van der Waals surface area (Å²) in [6, 6.07) is 9.75. The number of hydrogen-bond donors (Lipinski definition) is 0. The molecule has 1 aromatic carbocycles. The quantitative estimate of drug-likeness (QED) is 0.535. The lowest BCUT2D eigenvalue weighted by Gasteiger charge is -2.43. The van der Waals surface area contributed by atoms with Crippen molar-refractivity contribution in [2.45, 2.75) is 63.3 Å². The minimum atomic E-state index is -0.952. The largest absolute Gasteiger partial charge is 0.456 e. The topological polar surface area (TPSA) is 88.1 Å². The van der Waals surface area contributed by atoms with Gasteiger partial charge in [0, 0.05) is 26.5 Å². The molecule has 1 aliphatic heterocycles. The van der Waals surface area contributed by atoms with Gasteiger partial charge in [0.05, 0.1) is 6.10 Å². The Kier molecular flexibility index (Phi) is 7.67. The zero-order valence-corrected chi connectivity index (χ0v) is 16.6. The van der Waals surface area contributed by atoms with Crippen LogP contribution in [0.4, 0.5) is 0 Å². The fraction of sp³-hybridized carbons (Fsp3) is 0.526. The van der Waals surface area contributed by atoms with Gasteiger partial charge >= 0.3 is 17.9 Å². The lowest BCUT2D eigenvalue weighted by Crippen LogP contribution is -2.59. The highest BCUT2D eigenvalue weighted by Gasteiger charge is 2.50. The minimum absolute atomic E-state index is 0.537. The molecule has 1 fully saturated rings. The summed E-state index contributed by atoms with van der Waals surface area (Å²) in [5.41, 5.74) is 0.492. The van der Waals surface area contributed by atoms with Crippen molar-refractivity contribution < 1.29 is 33.3 Å². The number of carbonyl (C=O) groups is 3. The fourth-order valence-electron chi connectivity index (χ4n) is 2.86. The first-order chi connectivity index (χ1) is 12.8. The number of carbonyl (C=O) groups excluding carboxylic acids is 3. The third kappa shape index (κ3) is 6.25. The zero-order chi connectivity index (χ0) is 20.0. The van der Waals surface area contributed by atoms with E-state index < -0.39 is 47.8 Å². The van der Waals surface area contributed by atoms with Crippen LogP contribution >= 0.6 is 11.8 Å². The highest BCUT2D eigenvalue weighted by Crippen LogP contribution is 2.35. The van der Waals surface area contributed by atoms with E-state index in [4.69, 9.17) is 18.9 Å². The fourth-order valence-corrected chi connectivity index (χ4v) is 4.06. The predicted octanol–water partition coefficient (Wildman–Crippen LogP) is 2.46. The summed E-state index contributed by atoms with van der Waals surface area (Å²) in [6.07, 6.45) is -3.27. The van der Waals surface area contributed by atoms with Gasteiger partial charge in [-0.2, -0.15) is 0 Å². The van der Waals surface area contributed by atoms with E-state index >= 15 is 0 Å². The van der Waals surface area contributed by atoms with Crippen LogP contribution in [0.25, 0.3) is 0 Å². The standard InChI is InChI=1S/C19H24O7S/c1-11-16(24-12(2)20)17(25-13(3)21)18(26-14(4)22)19(23-11)27-10-15-8-6-5-7-9-15/h5-9,11,16-19H,10H2,1-4H3/t11-,16-,17+,18-,19-/m1/s1. The Bertz CT molecular complexity index is 663. The van der Waals surface area contributed by atoms with Crippen LogP contribution in [-0.4, -0.2) is 47.8 Å². The van der Waals surface area contributed by atoms with Crippen molar-refractivity contribution >= 4 is 29.7 Å². The SMILES string of the molecule is CC(=O)O[C@@H]1[C@@H](OC(C)=O)[C@@H](SCc2ccccc2)O[C@H](C)[C@H]1OC(C)=O. The Morgan fingerprint density at radius 3 is 1.96 bits per heavy atom. The van der Waals surface area contributed by atoms with E-state index in [2.05, 4.69) is 0 Å². The molecule has 7 nitrogen and oxygen atoms in total. The first-order valence-corrected chi connectivity index (χ1v) is 9.65. The third-order valence-electron chi connectivity index (χ3n) is 3.89. The second kappa shape index (κ2) is 9.75. The zero-order valence-electron chi connectivity index (χ0n) is 15.7. The second-order valence-corrected chi connectivity index (χ2v) is 7.31. The van der Waals surface area contributed by atoms with Crippen LogP contribution in [0.1, 0.15) is 33.3 Å². The first-order valence-electron chi connectivity index (χ1n) is 8.60. The highest BCUT2D eigenvalue weighted by atomic mass is 32.2. The number of hydrogen-bond acceptors (Lipinski definition) is 8. The van der Waals surface area contributed by atoms with Crippen molar-refractivity contribution in [1.29, 1.82) is 0 Å². The molecule has 0 aromatic heterocycles.